The average molecular weight is 1010 g/mol. The van der Waals surface area contributed by atoms with Gasteiger partial charge < -0.3 is 40.0 Å². The Morgan fingerprint density at radius 3 is 0.826 bits per heavy atom. The van der Waals surface area contributed by atoms with E-state index in [1.165, 1.54) is 128 Å². The van der Waals surface area contributed by atoms with E-state index in [0.29, 0.717) is 25.7 Å². The van der Waals surface area contributed by atoms with Gasteiger partial charge in [0.25, 0.3) is 0 Å². The van der Waals surface area contributed by atoms with Crippen molar-refractivity contribution in [3.05, 3.63) is 22.2 Å². The van der Waals surface area contributed by atoms with Crippen LogP contribution < -0.4 is 10.2 Å². The fraction of sp³-hybridized carbons (Fsp3) is 0.769. The number of aliphatic imine (C=N–C) groups is 4. The fourth-order valence-corrected chi connectivity index (χ4v) is 6.60. The first kappa shape index (κ1) is 68.5. The Balaban J connectivity index is -0.00000124. The van der Waals surface area contributed by atoms with Crippen LogP contribution in [-0.2, 0) is 35.4 Å². The van der Waals surface area contributed by atoms with Gasteiger partial charge in [-0.3, -0.25) is 0 Å². The Labute approximate surface area is 425 Å². The monoisotopic (exact) mass is 1010 g/mol. The first-order valence-corrected chi connectivity index (χ1v) is 25.8. The Morgan fingerprint density at radius 1 is 0.391 bits per heavy atom. The molecule has 0 aliphatic carbocycles. The summed E-state index contributed by atoms with van der Waals surface area (Å²) in [5, 5.41) is 60.5. The van der Waals surface area contributed by atoms with Crippen LogP contribution in [0.25, 0.3) is 10.8 Å². The molecule has 0 fully saturated rings. The molecule has 0 heterocycles. The minimum absolute atomic E-state index is 0. The second-order valence-electron chi connectivity index (χ2n) is 16.6. The molecular weight excluding hydrogens is 923 g/mol. The molecule has 16 nitrogen and oxygen atoms in total. The van der Waals surface area contributed by atoms with E-state index in [1.807, 2.05) is 0 Å². The molecule has 69 heavy (non-hydrogen) atoms. The normalized spacial score (nSPS) is 11.4. The van der Waals surface area contributed by atoms with Crippen molar-refractivity contribution in [3.8, 4) is 12.1 Å². The van der Waals surface area contributed by atoms with Crippen molar-refractivity contribution < 1.29 is 55.2 Å². The predicted octanol–water partition coefficient (Wildman–Crippen LogP) is 12.4. The van der Waals surface area contributed by atoms with E-state index in [2.05, 4.69) is 47.7 Å². The number of nitriles is 2. The number of allylic oxidation sites excluding steroid dienone is 2. The molecule has 0 saturated carbocycles. The molecule has 0 saturated heterocycles. The van der Waals surface area contributed by atoms with Crippen LogP contribution in [0.4, 0.5) is 9.59 Å². The van der Waals surface area contributed by atoms with Gasteiger partial charge in [-0.1, -0.05) is 207 Å². The maximum absolute atomic E-state index is 11.8. The molecule has 0 atom stereocenters. The number of rotatable bonds is 40. The molecule has 0 aliphatic rings. The first-order valence-electron chi connectivity index (χ1n) is 25.8. The van der Waals surface area contributed by atoms with Crippen LogP contribution in [0.1, 0.15) is 233 Å². The van der Waals surface area contributed by atoms with Gasteiger partial charge in [0.1, 0.15) is 23.5 Å². The topological polar surface area (TPSA) is 259 Å². The number of carbonyl (C=O) groups is 2. The Kier molecular flexibility index (Phi) is 53.7. The summed E-state index contributed by atoms with van der Waals surface area (Å²) in [5.41, 5.74) is -2.25. The van der Waals surface area contributed by atoms with Gasteiger partial charge in [-0.15, -0.1) is 0 Å². The van der Waals surface area contributed by atoms with Gasteiger partial charge in [0, 0.05) is 16.5 Å². The number of nitrogens with zero attached hydrogens (tertiary/aromatic N) is 8. The molecule has 2 amide bonds. The molecule has 0 aliphatic heterocycles. The second-order valence-corrected chi connectivity index (χ2v) is 16.6. The molecule has 0 rings (SSSR count). The van der Waals surface area contributed by atoms with E-state index in [9.17, 15) is 41.1 Å². The summed E-state index contributed by atoms with van der Waals surface area (Å²) in [7, 11) is 0. The van der Waals surface area contributed by atoms with Gasteiger partial charge in [-0.2, -0.15) is 20.5 Å². The first-order chi connectivity index (χ1) is 33.2. The third-order valence-corrected chi connectivity index (χ3v) is 10.6. The largest absolute Gasteiger partial charge is 0.761 e. The molecule has 0 N–H and O–H groups in total. The number of hydrogen-bond donors (Lipinski definition) is 0. The summed E-state index contributed by atoms with van der Waals surface area (Å²) in [6.07, 6.45) is 31.6. The average Bonchev–Trinajstić information content (AvgIpc) is 3.34. The van der Waals surface area contributed by atoms with Crippen molar-refractivity contribution in [2.45, 2.75) is 233 Å². The van der Waals surface area contributed by atoms with Crippen LogP contribution in [0, 0.1) is 22.7 Å². The van der Waals surface area contributed by atoms with Gasteiger partial charge in [0.2, 0.25) is 0 Å². The number of ether oxygens (including phenoxy) is 4. The van der Waals surface area contributed by atoms with Crippen LogP contribution in [0.3, 0.4) is 0 Å². The molecule has 0 aromatic rings. The number of amides is 2. The van der Waals surface area contributed by atoms with E-state index in [4.69, 9.17) is 18.9 Å². The van der Waals surface area contributed by atoms with Gasteiger partial charge in [-0.25, -0.2) is 31.3 Å². The van der Waals surface area contributed by atoms with Crippen molar-refractivity contribution in [2.75, 3.05) is 26.4 Å². The van der Waals surface area contributed by atoms with Gasteiger partial charge in [0.05, 0.1) is 13.2 Å². The van der Waals surface area contributed by atoms with E-state index >= 15 is 0 Å². The van der Waals surface area contributed by atoms with E-state index in [0.717, 1.165) is 51.4 Å². The zero-order valence-corrected chi connectivity index (χ0v) is 43.6. The molecule has 0 aromatic heterocycles. The van der Waals surface area contributed by atoms with E-state index in [1.54, 1.807) is 23.9 Å². The summed E-state index contributed by atoms with van der Waals surface area (Å²) in [4.78, 5) is 37.6. The minimum Gasteiger partial charge on any atom is -0.761 e. The zero-order valence-electron chi connectivity index (χ0n) is 42.6. The molecule has 0 bridgehead atoms. The van der Waals surface area contributed by atoms with Crippen molar-refractivity contribution in [3.63, 3.8) is 0 Å². The summed E-state index contributed by atoms with van der Waals surface area (Å²) >= 11 is 0. The maximum atomic E-state index is 11.8. The van der Waals surface area contributed by atoms with Crippen LogP contribution in [0.5, 0.6) is 0 Å². The third-order valence-electron chi connectivity index (χ3n) is 10.6. The minimum atomic E-state index is -0.977. The summed E-state index contributed by atoms with van der Waals surface area (Å²) < 4.78 is 20.0. The van der Waals surface area contributed by atoms with Crippen LogP contribution in [0.15, 0.2) is 31.4 Å². The smallest absolute Gasteiger partial charge is 0.434 e. The number of hydrogen-bond acceptors (Lipinski definition) is 12. The quantitative estimate of drug-likeness (QED) is 0.0242. The van der Waals surface area contributed by atoms with Crippen molar-refractivity contribution in [1.29, 1.82) is 10.5 Å². The summed E-state index contributed by atoms with van der Waals surface area (Å²) in [5.74, 6) is 3.23. The van der Waals surface area contributed by atoms with Crippen molar-refractivity contribution in [2.24, 2.45) is 20.0 Å². The molecular formula is C52H84N8NiO8-4. The Morgan fingerprint density at radius 2 is 0.609 bits per heavy atom. The van der Waals surface area contributed by atoms with Crippen LogP contribution in [-0.4, -0.2) is 73.9 Å². The molecule has 0 spiro atoms. The fourth-order valence-electron chi connectivity index (χ4n) is 6.60. The molecule has 0 aromatic carbocycles. The van der Waals surface area contributed by atoms with Gasteiger partial charge in [-0.05, 0) is 38.9 Å². The molecule has 0 radical (unpaired) electrons. The number of unbranched alkanes of at least 4 members (excludes halogenated alkanes) is 28. The molecule has 394 valence electrons. The van der Waals surface area contributed by atoms with Crippen LogP contribution >= 0.6 is 0 Å². The summed E-state index contributed by atoms with van der Waals surface area (Å²) in [6.45, 7) is 9.50. The SMILES string of the molecule is CCCCCCCCCCOC(=O)N=C(C#N)C(=C=[N-])N=C([O-])OCCCCCCCCCC.CCCCCCCCCCOC(=O)N=C(C#N)C(=C=[N-])N=C([O-])OCCCCCCCCCC.[Ni]. The van der Waals surface area contributed by atoms with Crippen molar-refractivity contribution in [1.82, 2.24) is 0 Å². The van der Waals surface area contributed by atoms with E-state index in [-0.39, 0.29) is 42.9 Å². The van der Waals surface area contributed by atoms with Crippen LogP contribution in [0.2, 0.25) is 0 Å². The summed E-state index contributed by atoms with van der Waals surface area (Å²) in [6, 6.07) is 3.23. The van der Waals surface area contributed by atoms with E-state index < -0.39 is 47.2 Å². The zero-order chi connectivity index (χ0) is 50.6. The van der Waals surface area contributed by atoms with Gasteiger partial charge in [0.15, 0.2) is 23.6 Å². The second kappa shape index (κ2) is 54.1. The van der Waals surface area contributed by atoms with Gasteiger partial charge >= 0.3 is 12.2 Å². The number of carbonyl (C=O) groups excluding carboxylic acids is 2. The van der Waals surface area contributed by atoms with Crippen molar-refractivity contribution >= 4 is 47.5 Å². The standard InChI is InChI=1S/2C26H43N4O4.Ni/c2*1-3-5-7-9-11-13-15-17-19-33-25(31)29-23(21-27)24(22-28)30-26(32)34-20-18-16-14-12-10-8-6-4-2;/h2*3-20H2,1-2H3,(H,29,31);/q2*-1;/p-2. The maximum Gasteiger partial charge on any atom is 0.434 e. The Hall–Kier alpha value is -4.81. The molecule has 0 unspecified atom stereocenters. The Bertz CT molecular complexity index is 1510. The third kappa shape index (κ3) is 46.7. The molecule has 17 heteroatoms. The predicted molar refractivity (Wildman–Crippen MR) is 270 cm³/mol.